The normalized spacial score (nSPS) is 28.4. The van der Waals surface area contributed by atoms with Crippen molar-refractivity contribution in [3.8, 4) is 0 Å². The molecule has 1 saturated carbocycles. The lowest BCUT2D eigenvalue weighted by Gasteiger charge is -2.27. The van der Waals surface area contributed by atoms with Crippen LogP contribution in [0.3, 0.4) is 0 Å². The largest absolute Gasteiger partial charge is 0.352 e. The molecule has 1 heterocycles. The van der Waals surface area contributed by atoms with Gasteiger partial charge in [0.1, 0.15) is 0 Å². The third-order valence-corrected chi connectivity index (χ3v) is 4.59. The van der Waals surface area contributed by atoms with Gasteiger partial charge in [-0.2, -0.15) is 0 Å². The summed E-state index contributed by atoms with van der Waals surface area (Å²) in [5, 5.41) is 6.58. The number of rotatable bonds is 2. The molecular weight excluding hydrogens is 272 g/mol. The Labute approximate surface area is 126 Å². The van der Waals surface area contributed by atoms with Crippen LogP contribution in [-0.2, 0) is 17.8 Å². The molecule has 3 nitrogen and oxygen atoms in total. The van der Waals surface area contributed by atoms with Gasteiger partial charge >= 0.3 is 0 Å². The molecule has 3 unspecified atom stereocenters. The van der Waals surface area contributed by atoms with E-state index in [2.05, 4.69) is 41.8 Å². The van der Waals surface area contributed by atoms with Gasteiger partial charge in [0.25, 0.3) is 0 Å². The van der Waals surface area contributed by atoms with E-state index in [0.29, 0.717) is 12.0 Å². The van der Waals surface area contributed by atoms with Crippen molar-refractivity contribution in [1.82, 2.24) is 10.6 Å². The number of fused-ring (bicyclic) bond motifs is 1. The summed E-state index contributed by atoms with van der Waals surface area (Å²) in [5.74, 6) is 0.799. The summed E-state index contributed by atoms with van der Waals surface area (Å²) in [5.41, 5.74) is 2.63. The van der Waals surface area contributed by atoms with Crippen molar-refractivity contribution in [2.75, 3.05) is 0 Å². The molecule has 2 aliphatic rings. The van der Waals surface area contributed by atoms with Gasteiger partial charge in [0.05, 0.1) is 6.04 Å². The Bertz CT molecular complexity index is 477. The number of hydrogen-bond acceptors (Lipinski definition) is 2. The molecule has 2 N–H and O–H groups in total. The predicted molar refractivity (Wildman–Crippen MR) is 83.0 cm³/mol. The highest BCUT2D eigenvalue weighted by Gasteiger charge is 2.29. The van der Waals surface area contributed by atoms with Crippen LogP contribution in [0.15, 0.2) is 24.3 Å². The van der Waals surface area contributed by atoms with Crippen molar-refractivity contribution in [1.29, 1.82) is 0 Å². The molecule has 1 amide bonds. The van der Waals surface area contributed by atoms with Crippen molar-refractivity contribution in [2.24, 2.45) is 5.92 Å². The molecule has 1 aliphatic carbocycles. The zero-order valence-electron chi connectivity index (χ0n) is 11.9. The second kappa shape index (κ2) is 6.59. The summed E-state index contributed by atoms with van der Waals surface area (Å²) in [4.78, 5) is 12.3. The summed E-state index contributed by atoms with van der Waals surface area (Å²) in [6.07, 6.45) is 4.43. The number of benzene rings is 1. The highest BCUT2D eigenvalue weighted by molar-refractivity contribution is 5.85. The van der Waals surface area contributed by atoms with Crippen LogP contribution in [0.4, 0.5) is 0 Å². The minimum absolute atomic E-state index is 0. The van der Waals surface area contributed by atoms with E-state index in [9.17, 15) is 4.79 Å². The van der Waals surface area contributed by atoms with Crippen molar-refractivity contribution in [3.63, 3.8) is 0 Å². The molecule has 0 radical (unpaired) electrons. The fourth-order valence-electron chi connectivity index (χ4n) is 3.28. The highest BCUT2D eigenvalue weighted by atomic mass is 35.5. The quantitative estimate of drug-likeness (QED) is 0.879. The summed E-state index contributed by atoms with van der Waals surface area (Å²) < 4.78 is 0. The van der Waals surface area contributed by atoms with E-state index in [1.54, 1.807) is 0 Å². The Kier molecular flexibility index (Phi) is 5.06. The van der Waals surface area contributed by atoms with Gasteiger partial charge in [-0.05, 0) is 36.3 Å². The predicted octanol–water partition coefficient (Wildman–Crippen LogP) is 2.43. The van der Waals surface area contributed by atoms with Crippen molar-refractivity contribution in [2.45, 2.75) is 51.2 Å². The van der Waals surface area contributed by atoms with Crippen molar-refractivity contribution < 1.29 is 4.79 Å². The van der Waals surface area contributed by atoms with Gasteiger partial charge in [0.2, 0.25) is 5.91 Å². The van der Waals surface area contributed by atoms with Crippen LogP contribution in [0, 0.1) is 5.92 Å². The third kappa shape index (κ3) is 3.15. The maximum Gasteiger partial charge on any atom is 0.237 e. The summed E-state index contributed by atoms with van der Waals surface area (Å²) in [7, 11) is 0. The van der Waals surface area contributed by atoms with Gasteiger partial charge < -0.3 is 10.6 Å². The van der Waals surface area contributed by atoms with Gasteiger partial charge in [-0.25, -0.2) is 0 Å². The second-order valence-electron chi connectivity index (χ2n) is 5.93. The van der Waals surface area contributed by atoms with Gasteiger partial charge in [0, 0.05) is 12.6 Å². The minimum Gasteiger partial charge on any atom is -0.352 e. The molecule has 20 heavy (non-hydrogen) atoms. The van der Waals surface area contributed by atoms with E-state index < -0.39 is 0 Å². The van der Waals surface area contributed by atoms with Crippen LogP contribution in [0.25, 0.3) is 0 Å². The Morgan fingerprint density at radius 3 is 2.70 bits per heavy atom. The van der Waals surface area contributed by atoms with Crippen LogP contribution >= 0.6 is 12.4 Å². The average molecular weight is 295 g/mol. The Morgan fingerprint density at radius 2 is 2.00 bits per heavy atom. The number of halogens is 1. The van der Waals surface area contributed by atoms with Crippen molar-refractivity contribution >= 4 is 18.3 Å². The first-order valence-electron chi connectivity index (χ1n) is 7.34. The van der Waals surface area contributed by atoms with E-state index in [1.807, 2.05) is 0 Å². The van der Waals surface area contributed by atoms with E-state index in [-0.39, 0.29) is 24.4 Å². The first-order chi connectivity index (χ1) is 9.24. The zero-order valence-corrected chi connectivity index (χ0v) is 12.7. The van der Waals surface area contributed by atoms with Crippen LogP contribution in [0.2, 0.25) is 0 Å². The van der Waals surface area contributed by atoms with E-state index in [0.717, 1.165) is 19.4 Å². The SMILES string of the molecule is CC1CCCC1NC(=O)C1Cc2ccccc2CN1.Cl. The molecule has 4 heteroatoms. The Hall–Kier alpha value is -1.06. The standard InChI is InChI=1S/C16H22N2O.ClH/c1-11-5-4-8-14(11)18-16(19)15-9-12-6-2-3-7-13(12)10-17-15;/h2-3,6-7,11,14-15,17H,4-5,8-10H2,1H3,(H,18,19);1H. The molecule has 1 aliphatic heterocycles. The van der Waals surface area contributed by atoms with E-state index in [1.165, 1.54) is 24.0 Å². The lowest BCUT2D eigenvalue weighted by Crippen LogP contribution is -2.50. The van der Waals surface area contributed by atoms with E-state index >= 15 is 0 Å². The zero-order chi connectivity index (χ0) is 13.2. The maximum absolute atomic E-state index is 12.3. The molecule has 3 atom stereocenters. The molecule has 0 saturated heterocycles. The second-order valence-corrected chi connectivity index (χ2v) is 5.93. The fraction of sp³-hybridized carbons (Fsp3) is 0.562. The van der Waals surface area contributed by atoms with Gasteiger partial charge in [-0.15, -0.1) is 12.4 Å². The average Bonchev–Trinajstić information content (AvgIpc) is 2.84. The fourth-order valence-corrected chi connectivity index (χ4v) is 3.28. The number of carbonyl (C=O) groups excluding carboxylic acids is 1. The first-order valence-corrected chi connectivity index (χ1v) is 7.34. The van der Waals surface area contributed by atoms with Gasteiger partial charge in [0.15, 0.2) is 0 Å². The first kappa shape index (κ1) is 15.3. The van der Waals surface area contributed by atoms with Crippen LogP contribution in [0.1, 0.15) is 37.3 Å². The van der Waals surface area contributed by atoms with Gasteiger partial charge in [-0.3, -0.25) is 4.79 Å². The van der Waals surface area contributed by atoms with Crippen LogP contribution in [0.5, 0.6) is 0 Å². The third-order valence-electron chi connectivity index (χ3n) is 4.59. The molecule has 0 bridgehead atoms. The topological polar surface area (TPSA) is 41.1 Å². The summed E-state index contributed by atoms with van der Waals surface area (Å²) >= 11 is 0. The Morgan fingerprint density at radius 1 is 1.25 bits per heavy atom. The van der Waals surface area contributed by atoms with Crippen LogP contribution in [-0.4, -0.2) is 18.0 Å². The molecule has 1 aromatic carbocycles. The summed E-state index contributed by atoms with van der Waals surface area (Å²) in [6, 6.07) is 8.69. The van der Waals surface area contributed by atoms with Crippen LogP contribution < -0.4 is 10.6 Å². The number of amides is 1. The molecule has 0 spiro atoms. The highest BCUT2D eigenvalue weighted by Crippen LogP contribution is 2.25. The molecule has 0 aromatic heterocycles. The monoisotopic (exact) mass is 294 g/mol. The summed E-state index contributed by atoms with van der Waals surface area (Å²) in [6.45, 7) is 3.04. The molecule has 110 valence electrons. The lowest BCUT2D eigenvalue weighted by molar-refractivity contribution is -0.124. The number of nitrogens with one attached hydrogen (secondary N) is 2. The maximum atomic E-state index is 12.3. The molecular formula is C16H23ClN2O. The van der Waals surface area contributed by atoms with Gasteiger partial charge in [-0.1, -0.05) is 37.6 Å². The molecule has 1 aromatic rings. The number of hydrogen-bond donors (Lipinski definition) is 2. The van der Waals surface area contributed by atoms with Crippen molar-refractivity contribution in [3.05, 3.63) is 35.4 Å². The smallest absolute Gasteiger partial charge is 0.237 e. The Balaban J connectivity index is 0.00000147. The minimum atomic E-state index is -0.0669. The number of carbonyl (C=O) groups is 1. The van der Waals surface area contributed by atoms with E-state index in [4.69, 9.17) is 0 Å². The molecule has 3 rings (SSSR count). The lowest BCUT2D eigenvalue weighted by atomic mass is 9.95. The molecule has 1 fully saturated rings.